The topological polar surface area (TPSA) is 59.4 Å². The Balaban J connectivity index is 1.79. The number of nitrogens with one attached hydrogen (secondary N) is 1. The van der Waals surface area contributed by atoms with E-state index in [-0.39, 0.29) is 0 Å². The summed E-state index contributed by atoms with van der Waals surface area (Å²) in [5.41, 5.74) is 2.83. The van der Waals surface area contributed by atoms with E-state index in [0.717, 1.165) is 27.4 Å². The molecule has 4 aromatic heterocycles. The molecule has 0 spiro atoms. The van der Waals surface area contributed by atoms with Crippen molar-refractivity contribution in [1.29, 1.82) is 0 Å². The molecule has 0 aliphatic rings. The molecule has 1 N–H and O–H groups in total. The van der Waals surface area contributed by atoms with Crippen molar-refractivity contribution in [2.45, 2.75) is 0 Å². The number of nitrogens with zero attached hydrogens (tertiary/aromatic N) is 4. The molecular weight excluding hydrogens is 258 g/mol. The SMILES string of the molecule is c1cnn(-c2nc(-c3cnc4[nH]ccc4c3)cs2)c1. The Hall–Kier alpha value is -2.47. The maximum absolute atomic E-state index is 4.58. The minimum absolute atomic E-state index is 0.856. The summed E-state index contributed by atoms with van der Waals surface area (Å²) in [6.45, 7) is 0. The Labute approximate surface area is 112 Å². The number of aromatic amines is 1. The summed E-state index contributed by atoms with van der Waals surface area (Å²) in [5.74, 6) is 0. The molecule has 0 unspecified atom stereocenters. The fourth-order valence-electron chi connectivity index (χ4n) is 1.96. The summed E-state index contributed by atoms with van der Waals surface area (Å²) in [6, 6.07) is 5.97. The van der Waals surface area contributed by atoms with E-state index in [0.29, 0.717) is 0 Å². The monoisotopic (exact) mass is 267 g/mol. The maximum atomic E-state index is 4.58. The first-order chi connectivity index (χ1) is 9.40. The van der Waals surface area contributed by atoms with Crippen molar-refractivity contribution in [3.63, 3.8) is 0 Å². The molecule has 4 rings (SSSR count). The number of hydrogen-bond acceptors (Lipinski definition) is 4. The minimum atomic E-state index is 0.856. The van der Waals surface area contributed by atoms with Gasteiger partial charge in [0.1, 0.15) is 5.65 Å². The van der Waals surface area contributed by atoms with Crippen molar-refractivity contribution in [2.75, 3.05) is 0 Å². The van der Waals surface area contributed by atoms with Gasteiger partial charge in [-0.25, -0.2) is 14.6 Å². The third-order valence-corrected chi connectivity index (χ3v) is 3.72. The first-order valence-corrected chi connectivity index (χ1v) is 6.67. The zero-order chi connectivity index (χ0) is 12.7. The van der Waals surface area contributed by atoms with Crippen LogP contribution >= 0.6 is 11.3 Å². The standard InChI is InChI=1S/C13H9N5S/c1-3-16-18(5-1)13-17-11(8-19-13)10-6-9-2-4-14-12(9)15-7-10/h1-8H,(H,14,15). The summed E-state index contributed by atoms with van der Waals surface area (Å²) >= 11 is 1.56. The molecule has 0 atom stereocenters. The van der Waals surface area contributed by atoms with Crippen molar-refractivity contribution >= 4 is 22.4 Å². The molecule has 0 aliphatic heterocycles. The molecule has 4 heterocycles. The van der Waals surface area contributed by atoms with Gasteiger partial charge in [0, 0.05) is 41.1 Å². The highest BCUT2D eigenvalue weighted by Crippen LogP contribution is 2.25. The average Bonchev–Trinajstić information content (AvgIpc) is 3.18. The summed E-state index contributed by atoms with van der Waals surface area (Å²) in [4.78, 5) is 12.0. The first-order valence-electron chi connectivity index (χ1n) is 5.79. The maximum Gasteiger partial charge on any atom is 0.210 e. The molecule has 0 aliphatic carbocycles. The van der Waals surface area contributed by atoms with E-state index < -0.39 is 0 Å². The van der Waals surface area contributed by atoms with E-state index in [1.54, 1.807) is 22.2 Å². The van der Waals surface area contributed by atoms with Gasteiger partial charge >= 0.3 is 0 Å². The lowest BCUT2D eigenvalue weighted by atomic mass is 10.2. The van der Waals surface area contributed by atoms with Crippen LogP contribution in [0, 0.1) is 0 Å². The molecular formula is C13H9N5S. The lowest BCUT2D eigenvalue weighted by Crippen LogP contribution is -1.92. The number of H-pyrrole nitrogens is 1. The molecule has 5 nitrogen and oxygen atoms in total. The van der Waals surface area contributed by atoms with Crippen LogP contribution in [0.1, 0.15) is 0 Å². The zero-order valence-corrected chi connectivity index (χ0v) is 10.6. The second-order valence-corrected chi connectivity index (χ2v) is 4.94. The van der Waals surface area contributed by atoms with E-state index >= 15 is 0 Å². The van der Waals surface area contributed by atoms with Crippen LogP contribution in [0.15, 0.2) is 48.4 Å². The van der Waals surface area contributed by atoms with E-state index in [2.05, 4.69) is 26.1 Å². The molecule has 19 heavy (non-hydrogen) atoms. The molecule has 0 saturated carbocycles. The molecule has 92 valence electrons. The van der Waals surface area contributed by atoms with Crippen molar-refractivity contribution < 1.29 is 0 Å². The molecule has 0 fully saturated rings. The lowest BCUT2D eigenvalue weighted by Gasteiger charge is -1.96. The van der Waals surface area contributed by atoms with E-state index in [1.165, 1.54) is 0 Å². The van der Waals surface area contributed by atoms with Crippen molar-refractivity contribution in [3.8, 4) is 16.4 Å². The van der Waals surface area contributed by atoms with E-state index in [4.69, 9.17) is 0 Å². The van der Waals surface area contributed by atoms with Gasteiger partial charge in [-0.2, -0.15) is 5.10 Å². The fraction of sp³-hybridized carbons (Fsp3) is 0. The molecule has 0 amide bonds. The van der Waals surface area contributed by atoms with Crippen LogP contribution in [0.25, 0.3) is 27.4 Å². The van der Waals surface area contributed by atoms with Gasteiger partial charge < -0.3 is 4.98 Å². The van der Waals surface area contributed by atoms with Crippen molar-refractivity contribution in [3.05, 3.63) is 48.4 Å². The third-order valence-electron chi connectivity index (χ3n) is 2.89. The van der Waals surface area contributed by atoms with Gasteiger partial charge in [0.25, 0.3) is 0 Å². The van der Waals surface area contributed by atoms with Gasteiger partial charge in [-0.05, 0) is 18.2 Å². The van der Waals surface area contributed by atoms with Crippen LogP contribution in [0.4, 0.5) is 0 Å². The molecule has 0 aromatic carbocycles. The summed E-state index contributed by atoms with van der Waals surface area (Å²) in [6.07, 6.45) is 7.35. The summed E-state index contributed by atoms with van der Waals surface area (Å²) in [5, 5.41) is 8.14. The molecule has 0 bridgehead atoms. The van der Waals surface area contributed by atoms with Crippen molar-refractivity contribution in [2.24, 2.45) is 0 Å². The first kappa shape index (κ1) is 10.5. The highest BCUT2D eigenvalue weighted by molar-refractivity contribution is 7.12. The summed E-state index contributed by atoms with van der Waals surface area (Å²) < 4.78 is 1.76. The highest BCUT2D eigenvalue weighted by Gasteiger charge is 2.07. The van der Waals surface area contributed by atoms with Crippen LogP contribution in [-0.2, 0) is 0 Å². The summed E-state index contributed by atoms with van der Waals surface area (Å²) in [7, 11) is 0. The van der Waals surface area contributed by atoms with Crippen LogP contribution in [0.5, 0.6) is 0 Å². The van der Waals surface area contributed by atoms with Gasteiger partial charge in [0.05, 0.1) is 5.69 Å². The van der Waals surface area contributed by atoms with Gasteiger partial charge in [-0.15, -0.1) is 11.3 Å². The Morgan fingerprint density at radius 3 is 3.21 bits per heavy atom. The smallest absolute Gasteiger partial charge is 0.210 e. The number of thiazole rings is 1. The van der Waals surface area contributed by atoms with Crippen LogP contribution in [-0.4, -0.2) is 24.7 Å². The molecule has 0 radical (unpaired) electrons. The van der Waals surface area contributed by atoms with Crippen LogP contribution < -0.4 is 0 Å². The Bertz CT molecular complexity index is 828. The largest absolute Gasteiger partial charge is 0.346 e. The highest BCUT2D eigenvalue weighted by atomic mass is 32.1. The number of fused-ring (bicyclic) bond motifs is 1. The van der Waals surface area contributed by atoms with Crippen LogP contribution in [0.3, 0.4) is 0 Å². The molecule has 4 aromatic rings. The van der Waals surface area contributed by atoms with Gasteiger partial charge in [-0.3, -0.25) is 0 Å². The predicted octanol–water partition coefficient (Wildman–Crippen LogP) is 2.87. The molecule has 0 saturated heterocycles. The van der Waals surface area contributed by atoms with Gasteiger partial charge in [0.15, 0.2) is 0 Å². The van der Waals surface area contributed by atoms with E-state index in [9.17, 15) is 0 Å². The minimum Gasteiger partial charge on any atom is -0.346 e. The second kappa shape index (κ2) is 4.03. The van der Waals surface area contributed by atoms with Crippen LogP contribution in [0.2, 0.25) is 0 Å². The number of hydrogen-bond donors (Lipinski definition) is 1. The average molecular weight is 267 g/mol. The number of aromatic nitrogens is 5. The normalized spacial score (nSPS) is 11.2. The third kappa shape index (κ3) is 1.73. The predicted molar refractivity (Wildman–Crippen MR) is 74.3 cm³/mol. The Morgan fingerprint density at radius 2 is 2.32 bits per heavy atom. The number of rotatable bonds is 2. The van der Waals surface area contributed by atoms with Crippen molar-refractivity contribution in [1.82, 2.24) is 24.7 Å². The quantitative estimate of drug-likeness (QED) is 0.607. The number of pyridine rings is 1. The Morgan fingerprint density at radius 1 is 1.32 bits per heavy atom. The fourth-order valence-corrected chi connectivity index (χ4v) is 2.74. The Kier molecular flexibility index (Phi) is 2.22. The molecule has 6 heteroatoms. The van der Waals surface area contributed by atoms with Gasteiger partial charge in [0.2, 0.25) is 5.13 Å². The lowest BCUT2D eigenvalue weighted by molar-refractivity contribution is 0.870. The second-order valence-electron chi connectivity index (χ2n) is 4.11. The van der Waals surface area contributed by atoms with Gasteiger partial charge in [-0.1, -0.05) is 0 Å². The van der Waals surface area contributed by atoms with E-state index in [1.807, 2.05) is 36.1 Å². The zero-order valence-electron chi connectivity index (χ0n) is 9.82.